The van der Waals surface area contributed by atoms with Crippen molar-refractivity contribution >= 4 is 13.7 Å². The van der Waals surface area contributed by atoms with Gasteiger partial charge in [-0.05, 0) is 38.5 Å². The number of allylic oxidation sites excluding steroid dienone is 4. The molecule has 3 unspecified atom stereocenters. The number of unbranched alkanes of at least 4 members (excludes halogenated alkanes) is 25. The van der Waals surface area contributed by atoms with Crippen LogP contribution in [-0.2, 0) is 18.4 Å². The van der Waals surface area contributed by atoms with E-state index in [-0.39, 0.29) is 19.1 Å². The fourth-order valence-electron chi connectivity index (χ4n) is 6.73. The molecule has 0 saturated carbocycles. The van der Waals surface area contributed by atoms with Crippen molar-refractivity contribution in [3.8, 4) is 0 Å². The summed E-state index contributed by atoms with van der Waals surface area (Å²) in [7, 11) is 1.61. The fourth-order valence-corrected chi connectivity index (χ4v) is 7.47. The fraction of sp³-hybridized carbons (Fsp3) is 0.891. The normalized spacial score (nSPS) is 14.5. The highest BCUT2D eigenvalue weighted by molar-refractivity contribution is 7.47. The van der Waals surface area contributed by atoms with Gasteiger partial charge in [-0.15, -0.1) is 0 Å². The van der Waals surface area contributed by atoms with Gasteiger partial charge < -0.3 is 19.8 Å². The van der Waals surface area contributed by atoms with Crippen molar-refractivity contribution in [1.82, 2.24) is 5.32 Å². The summed E-state index contributed by atoms with van der Waals surface area (Å²) in [6.45, 7) is 4.82. The van der Waals surface area contributed by atoms with Gasteiger partial charge in [-0.1, -0.05) is 192 Å². The number of carbonyl (C=O) groups is 1. The molecule has 8 nitrogen and oxygen atoms in total. The number of aliphatic hydroxyl groups is 1. The Bertz CT molecular complexity index is 953. The molecule has 1 amide bonds. The molecule has 0 aromatic rings. The monoisotopic (exact) mass is 800 g/mol. The largest absolute Gasteiger partial charge is 0.472 e. The number of aliphatic hydroxyl groups excluding tert-OH is 1. The maximum atomic E-state index is 12.9. The summed E-state index contributed by atoms with van der Waals surface area (Å²) in [5, 5.41) is 14.0. The van der Waals surface area contributed by atoms with Crippen LogP contribution in [-0.4, -0.2) is 73.4 Å². The number of carbonyl (C=O) groups excluding carboxylic acids is 1. The Morgan fingerprint density at radius 1 is 0.618 bits per heavy atom. The minimum Gasteiger partial charge on any atom is -0.391 e. The molecule has 9 heteroatoms. The third-order valence-corrected chi connectivity index (χ3v) is 11.4. The summed E-state index contributed by atoms with van der Waals surface area (Å²) < 4.78 is 23.6. The molecular weight excluding hydrogens is 707 g/mol. The Balaban J connectivity index is 4.30. The highest BCUT2D eigenvalue weighted by Gasteiger charge is 2.28. The Kier molecular flexibility index (Phi) is 37.8. The first-order valence-corrected chi connectivity index (χ1v) is 24.7. The molecule has 3 N–H and O–H groups in total. The van der Waals surface area contributed by atoms with Gasteiger partial charge in [0.05, 0.1) is 39.9 Å². The molecule has 0 aliphatic heterocycles. The molecule has 0 aromatic carbocycles. The number of nitrogens with one attached hydrogen (secondary N) is 1. The summed E-state index contributed by atoms with van der Waals surface area (Å²) in [5.41, 5.74) is 0. The average Bonchev–Trinajstić information content (AvgIpc) is 3.13. The topological polar surface area (TPSA) is 105 Å². The quantitative estimate of drug-likeness (QED) is 0.0246. The third-order valence-electron chi connectivity index (χ3n) is 10.4. The molecule has 0 fully saturated rings. The molecule has 0 rings (SSSR count). The van der Waals surface area contributed by atoms with Gasteiger partial charge in [0.15, 0.2) is 0 Å². The second-order valence-electron chi connectivity index (χ2n) is 17.1. The van der Waals surface area contributed by atoms with Crippen LogP contribution in [0.4, 0.5) is 0 Å². The molecule has 0 spiro atoms. The van der Waals surface area contributed by atoms with Crippen LogP contribution in [0.2, 0.25) is 0 Å². The van der Waals surface area contributed by atoms with Gasteiger partial charge >= 0.3 is 7.82 Å². The second-order valence-corrected chi connectivity index (χ2v) is 18.6. The number of rotatable bonds is 42. The van der Waals surface area contributed by atoms with Gasteiger partial charge in [0.2, 0.25) is 5.91 Å². The van der Waals surface area contributed by atoms with E-state index < -0.39 is 20.0 Å². The van der Waals surface area contributed by atoms with E-state index in [1.807, 2.05) is 21.1 Å². The number of likely N-dealkylation sites (N-methyl/N-ethyl adjacent to an activating group) is 1. The molecule has 0 radical (unpaired) electrons. The van der Waals surface area contributed by atoms with E-state index in [0.29, 0.717) is 23.9 Å². The minimum absolute atomic E-state index is 0.0724. The van der Waals surface area contributed by atoms with Gasteiger partial charge in [0.1, 0.15) is 13.2 Å². The van der Waals surface area contributed by atoms with Gasteiger partial charge in [-0.2, -0.15) is 0 Å². The minimum atomic E-state index is -4.32. The number of phosphoric ester groups is 1. The summed E-state index contributed by atoms with van der Waals surface area (Å²) in [6, 6.07) is -0.765. The molecule has 0 saturated heterocycles. The third kappa shape index (κ3) is 41.0. The van der Waals surface area contributed by atoms with Crippen molar-refractivity contribution in [3.05, 3.63) is 24.3 Å². The zero-order valence-electron chi connectivity index (χ0n) is 36.9. The van der Waals surface area contributed by atoms with Crippen LogP contribution >= 0.6 is 7.82 Å². The lowest BCUT2D eigenvalue weighted by molar-refractivity contribution is -0.870. The van der Waals surface area contributed by atoms with Crippen LogP contribution in [0.5, 0.6) is 0 Å². The molecular formula is C46H92N2O6P+. The van der Waals surface area contributed by atoms with Crippen LogP contribution in [0.25, 0.3) is 0 Å². The van der Waals surface area contributed by atoms with Crippen LogP contribution in [0.3, 0.4) is 0 Å². The van der Waals surface area contributed by atoms with Gasteiger partial charge in [0.25, 0.3) is 0 Å². The molecule has 0 aliphatic carbocycles. The first-order chi connectivity index (χ1) is 26.5. The average molecular weight is 800 g/mol. The van der Waals surface area contributed by atoms with Crippen molar-refractivity contribution in [3.63, 3.8) is 0 Å². The van der Waals surface area contributed by atoms with Crippen LogP contribution < -0.4 is 5.32 Å². The molecule has 0 heterocycles. The second kappa shape index (κ2) is 38.5. The van der Waals surface area contributed by atoms with E-state index in [2.05, 4.69) is 43.5 Å². The smallest absolute Gasteiger partial charge is 0.391 e. The lowest BCUT2D eigenvalue weighted by Crippen LogP contribution is -2.46. The summed E-state index contributed by atoms with van der Waals surface area (Å²) in [6.07, 6.45) is 44.9. The summed E-state index contributed by atoms with van der Waals surface area (Å²) >= 11 is 0. The Morgan fingerprint density at radius 3 is 1.56 bits per heavy atom. The first kappa shape index (κ1) is 54.0. The molecule has 0 aliphatic rings. The van der Waals surface area contributed by atoms with Crippen molar-refractivity contribution in [2.24, 2.45) is 0 Å². The van der Waals surface area contributed by atoms with Gasteiger partial charge in [-0.25, -0.2) is 4.57 Å². The summed E-state index contributed by atoms with van der Waals surface area (Å²) in [5.74, 6) is -0.158. The highest BCUT2D eigenvalue weighted by atomic mass is 31.2. The Hall–Kier alpha value is -1.02. The molecule has 0 aromatic heterocycles. The summed E-state index contributed by atoms with van der Waals surface area (Å²) in [4.78, 5) is 23.1. The Labute approximate surface area is 341 Å². The molecule has 3 atom stereocenters. The van der Waals surface area contributed by atoms with Crippen LogP contribution in [0.15, 0.2) is 24.3 Å². The zero-order chi connectivity index (χ0) is 40.7. The van der Waals surface area contributed by atoms with E-state index in [9.17, 15) is 19.4 Å². The van der Waals surface area contributed by atoms with E-state index in [4.69, 9.17) is 9.05 Å². The number of nitrogens with zero attached hydrogens (tertiary/aromatic N) is 1. The predicted molar refractivity (Wildman–Crippen MR) is 235 cm³/mol. The van der Waals surface area contributed by atoms with Crippen molar-refractivity contribution in [1.29, 1.82) is 0 Å². The van der Waals surface area contributed by atoms with Crippen molar-refractivity contribution < 1.29 is 32.9 Å². The van der Waals surface area contributed by atoms with E-state index >= 15 is 0 Å². The van der Waals surface area contributed by atoms with E-state index in [1.54, 1.807) is 0 Å². The van der Waals surface area contributed by atoms with Crippen molar-refractivity contribution in [2.45, 2.75) is 225 Å². The van der Waals surface area contributed by atoms with Crippen LogP contribution in [0, 0.1) is 0 Å². The van der Waals surface area contributed by atoms with E-state index in [0.717, 1.165) is 70.6 Å². The number of amides is 1. The molecule has 0 bridgehead atoms. The number of hydrogen-bond acceptors (Lipinski definition) is 5. The zero-order valence-corrected chi connectivity index (χ0v) is 37.8. The number of phosphoric acid groups is 1. The SMILES string of the molecule is CCC/C=C\C/C=C\CCCCCCCC(=O)NC(COP(=O)(O)OCC[N+](C)(C)C)C(O)CCCCCCCCCCCCCCCCCCCCCC. The number of quaternary nitrogens is 1. The van der Waals surface area contributed by atoms with Crippen molar-refractivity contribution in [2.75, 3.05) is 40.9 Å². The lowest BCUT2D eigenvalue weighted by Gasteiger charge is -2.26. The number of hydrogen-bond donors (Lipinski definition) is 3. The molecule has 326 valence electrons. The lowest BCUT2D eigenvalue weighted by atomic mass is 10.0. The Morgan fingerprint density at radius 2 is 1.07 bits per heavy atom. The first-order valence-electron chi connectivity index (χ1n) is 23.2. The van der Waals surface area contributed by atoms with Crippen LogP contribution in [0.1, 0.15) is 213 Å². The maximum absolute atomic E-state index is 12.9. The predicted octanol–water partition coefficient (Wildman–Crippen LogP) is 12.9. The van der Waals surface area contributed by atoms with Gasteiger partial charge in [-0.3, -0.25) is 13.8 Å². The standard InChI is InChI=1S/C46H91N2O6P/c1-6-8-10-12-14-16-18-20-21-22-23-24-25-26-28-29-31-33-35-37-39-45(49)44(43-54-55(51,52)53-42-41-48(3,4)5)47-46(50)40-38-36-34-32-30-27-19-17-15-13-11-9-7-2/h11,13,17,19,44-45,49H,6-10,12,14-16,18,20-43H2,1-5H3,(H-,47,50,51,52)/p+1/b13-11-,19-17-. The van der Waals surface area contributed by atoms with Gasteiger partial charge in [0, 0.05) is 6.42 Å². The highest BCUT2D eigenvalue weighted by Crippen LogP contribution is 2.43. The maximum Gasteiger partial charge on any atom is 0.472 e. The molecule has 55 heavy (non-hydrogen) atoms. The van der Waals surface area contributed by atoms with E-state index in [1.165, 1.54) is 116 Å².